The van der Waals surface area contributed by atoms with Crippen LogP contribution in [-0.2, 0) is 6.42 Å². The Labute approximate surface area is 120 Å². The molecule has 8 heteroatoms. The number of hydrogen-bond donors (Lipinski definition) is 2. The van der Waals surface area contributed by atoms with E-state index in [-0.39, 0.29) is 17.5 Å². The van der Waals surface area contributed by atoms with Gasteiger partial charge in [0.05, 0.1) is 23.1 Å². The van der Waals surface area contributed by atoms with Crippen molar-refractivity contribution in [2.75, 3.05) is 11.1 Å². The van der Waals surface area contributed by atoms with Gasteiger partial charge in [-0.2, -0.15) is 0 Å². The number of aromatic nitrogens is 2. The first-order valence-electron chi connectivity index (χ1n) is 6.12. The number of nitro groups is 1. The summed E-state index contributed by atoms with van der Waals surface area (Å²) in [5.74, 6) is 0.486. The average Bonchev–Trinajstić information content (AvgIpc) is 2.86. The van der Waals surface area contributed by atoms with Crippen LogP contribution in [0.2, 0.25) is 0 Å². The van der Waals surface area contributed by atoms with Gasteiger partial charge in [0.25, 0.3) is 5.69 Å². The SMILES string of the molecule is CCc1cnc(C(C)Nc2cc([N+](=O)[O-])cc(N)n2)s1. The van der Waals surface area contributed by atoms with Crippen molar-refractivity contribution in [3.05, 3.63) is 38.3 Å². The van der Waals surface area contributed by atoms with Crippen LogP contribution in [0.3, 0.4) is 0 Å². The fourth-order valence-corrected chi connectivity index (χ4v) is 2.55. The van der Waals surface area contributed by atoms with E-state index in [0.717, 1.165) is 11.4 Å². The summed E-state index contributed by atoms with van der Waals surface area (Å²) in [4.78, 5) is 19.9. The molecular formula is C12H15N5O2S. The third-order valence-corrected chi connectivity index (χ3v) is 4.02. The summed E-state index contributed by atoms with van der Waals surface area (Å²) in [5.41, 5.74) is 5.49. The number of nitrogens with zero attached hydrogens (tertiary/aromatic N) is 3. The van der Waals surface area contributed by atoms with Crippen molar-refractivity contribution in [3.63, 3.8) is 0 Å². The minimum absolute atomic E-state index is 0.0828. The highest BCUT2D eigenvalue weighted by atomic mass is 32.1. The molecule has 0 bridgehead atoms. The molecule has 2 heterocycles. The smallest absolute Gasteiger partial charge is 0.276 e. The highest BCUT2D eigenvalue weighted by Gasteiger charge is 2.14. The van der Waals surface area contributed by atoms with E-state index in [4.69, 9.17) is 5.73 Å². The molecule has 0 saturated heterocycles. The van der Waals surface area contributed by atoms with Crippen LogP contribution in [0.25, 0.3) is 0 Å². The van der Waals surface area contributed by atoms with Gasteiger partial charge in [0.2, 0.25) is 0 Å². The number of rotatable bonds is 5. The molecule has 2 rings (SSSR count). The normalized spacial score (nSPS) is 12.1. The lowest BCUT2D eigenvalue weighted by Crippen LogP contribution is -2.08. The summed E-state index contributed by atoms with van der Waals surface area (Å²) in [7, 11) is 0. The Kier molecular flexibility index (Phi) is 4.14. The van der Waals surface area contributed by atoms with Gasteiger partial charge in [-0.05, 0) is 13.3 Å². The zero-order valence-electron chi connectivity index (χ0n) is 11.2. The van der Waals surface area contributed by atoms with Gasteiger partial charge in [0, 0.05) is 11.1 Å². The van der Waals surface area contributed by atoms with Crippen LogP contribution in [0.5, 0.6) is 0 Å². The largest absolute Gasteiger partial charge is 0.383 e. The summed E-state index contributed by atoms with van der Waals surface area (Å²) >= 11 is 1.61. The standard InChI is InChI=1S/C12H15N5O2S/c1-3-9-6-14-12(20-9)7(2)15-11-5-8(17(18)19)4-10(13)16-11/h4-7H,3H2,1-2H3,(H3,13,15,16). The van der Waals surface area contributed by atoms with Crippen molar-refractivity contribution in [1.29, 1.82) is 0 Å². The van der Waals surface area contributed by atoms with Crippen LogP contribution in [0, 0.1) is 10.1 Å². The number of anilines is 2. The molecule has 0 radical (unpaired) electrons. The Morgan fingerprint density at radius 2 is 2.30 bits per heavy atom. The Balaban J connectivity index is 2.18. The molecule has 7 nitrogen and oxygen atoms in total. The second-order valence-corrected chi connectivity index (χ2v) is 5.42. The molecule has 0 amide bonds. The van der Waals surface area contributed by atoms with Crippen molar-refractivity contribution in [2.45, 2.75) is 26.3 Å². The minimum atomic E-state index is -0.494. The molecular weight excluding hydrogens is 278 g/mol. The zero-order valence-corrected chi connectivity index (χ0v) is 12.0. The molecule has 1 atom stereocenters. The summed E-state index contributed by atoms with van der Waals surface area (Å²) in [6.45, 7) is 3.99. The summed E-state index contributed by atoms with van der Waals surface area (Å²) in [6, 6.07) is 2.50. The summed E-state index contributed by atoms with van der Waals surface area (Å²) in [5, 5.41) is 14.8. The Bertz CT molecular complexity index is 628. The van der Waals surface area contributed by atoms with E-state index in [1.54, 1.807) is 11.3 Å². The fourth-order valence-electron chi connectivity index (χ4n) is 1.69. The summed E-state index contributed by atoms with van der Waals surface area (Å²) in [6.07, 6.45) is 2.78. The molecule has 0 spiro atoms. The molecule has 2 aromatic rings. The van der Waals surface area contributed by atoms with Crippen LogP contribution < -0.4 is 11.1 Å². The van der Waals surface area contributed by atoms with Crippen molar-refractivity contribution < 1.29 is 4.92 Å². The van der Waals surface area contributed by atoms with Gasteiger partial charge in [-0.15, -0.1) is 11.3 Å². The van der Waals surface area contributed by atoms with Gasteiger partial charge < -0.3 is 11.1 Å². The first-order chi connectivity index (χ1) is 9.49. The Morgan fingerprint density at radius 1 is 1.55 bits per heavy atom. The van der Waals surface area contributed by atoms with Crippen LogP contribution in [0.15, 0.2) is 18.3 Å². The molecule has 0 aliphatic carbocycles. The van der Waals surface area contributed by atoms with Gasteiger partial charge in [-0.25, -0.2) is 9.97 Å². The van der Waals surface area contributed by atoms with Crippen molar-refractivity contribution in [2.24, 2.45) is 0 Å². The van der Waals surface area contributed by atoms with Crippen LogP contribution in [-0.4, -0.2) is 14.9 Å². The number of pyridine rings is 1. The van der Waals surface area contributed by atoms with Crippen molar-refractivity contribution >= 4 is 28.7 Å². The van der Waals surface area contributed by atoms with E-state index in [9.17, 15) is 10.1 Å². The second kappa shape index (κ2) is 5.83. The van der Waals surface area contributed by atoms with Crippen LogP contribution >= 0.6 is 11.3 Å². The Morgan fingerprint density at radius 3 is 2.90 bits per heavy atom. The molecule has 0 fully saturated rings. The van der Waals surface area contributed by atoms with E-state index in [1.807, 2.05) is 13.1 Å². The molecule has 0 aromatic carbocycles. The van der Waals surface area contributed by atoms with E-state index in [2.05, 4.69) is 22.2 Å². The Hall–Kier alpha value is -2.22. The van der Waals surface area contributed by atoms with Gasteiger partial charge in [0.15, 0.2) is 0 Å². The number of hydrogen-bond acceptors (Lipinski definition) is 7. The van der Waals surface area contributed by atoms with Crippen LogP contribution in [0.1, 0.15) is 29.8 Å². The highest BCUT2D eigenvalue weighted by molar-refractivity contribution is 7.11. The third kappa shape index (κ3) is 3.21. The molecule has 1 unspecified atom stereocenters. The zero-order chi connectivity index (χ0) is 14.7. The van der Waals surface area contributed by atoms with E-state index < -0.39 is 4.92 Å². The first kappa shape index (κ1) is 14.2. The maximum absolute atomic E-state index is 10.8. The van der Waals surface area contributed by atoms with Gasteiger partial charge >= 0.3 is 0 Å². The third-order valence-electron chi connectivity index (χ3n) is 2.70. The maximum Gasteiger partial charge on any atom is 0.276 e. The maximum atomic E-state index is 10.8. The monoisotopic (exact) mass is 293 g/mol. The minimum Gasteiger partial charge on any atom is -0.383 e. The lowest BCUT2D eigenvalue weighted by molar-refractivity contribution is -0.384. The molecule has 2 aromatic heterocycles. The molecule has 20 heavy (non-hydrogen) atoms. The number of nitrogens with two attached hydrogens (primary N) is 1. The van der Waals surface area contributed by atoms with Crippen molar-refractivity contribution in [1.82, 2.24) is 9.97 Å². The molecule has 0 aliphatic rings. The molecule has 3 N–H and O–H groups in total. The topological polar surface area (TPSA) is 107 Å². The van der Waals surface area contributed by atoms with Gasteiger partial charge in [0.1, 0.15) is 16.6 Å². The second-order valence-electron chi connectivity index (χ2n) is 4.28. The number of nitrogens with one attached hydrogen (secondary N) is 1. The molecule has 0 saturated carbocycles. The summed E-state index contributed by atoms with van der Waals surface area (Å²) < 4.78 is 0. The lowest BCUT2D eigenvalue weighted by atomic mass is 10.3. The fraction of sp³-hybridized carbons (Fsp3) is 0.333. The number of thiazole rings is 1. The van der Waals surface area contributed by atoms with E-state index in [1.165, 1.54) is 17.0 Å². The average molecular weight is 293 g/mol. The van der Waals surface area contributed by atoms with Crippen LogP contribution in [0.4, 0.5) is 17.3 Å². The first-order valence-corrected chi connectivity index (χ1v) is 6.94. The van der Waals surface area contributed by atoms with E-state index >= 15 is 0 Å². The molecule has 106 valence electrons. The number of nitrogen functional groups attached to an aromatic ring is 1. The van der Waals surface area contributed by atoms with E-state index in [0.29, 0.717) is 5.82 Å². The quantitative estimate of drug-likeness (QED) is 0.648. The predicted octanol–water partition coefficient (Wildman–Crippen LogP) is 2.76. The van der Waals surface area contributed by atoms with Crippen molar-refractivity contribution in [3.8, 4) is 0 Å². The number of aryl methyl sites for hydroxylation is 1. The molecule has 0 aliphatic heterocycles. The van der Waals surface area contributed by atoms with Gasteiger partial charge in [-0.3, -0.25) is 10.1 Å². The lowest BCUT2D eigenvalue weighted by Gasteiger charge is -2.12. The highest BCUT2D eigenvalue weighted by Crippen LogP contribution is 2.25. The van der Waals surface area contributed by atoms with Gasteiger partial charge in [-0.1, -0.05) is 6.92 Å². The predicted molar refractivity (Wildman–Crippen MR) is 78.8 cm³/mol.